The Kier molecular flexibility index (Phi) is 23.6. The first-order valence-electron chi connectivity index (χ1n) is 16.9. The average Bonchev–Trinajstić information content (AvgIpc) is 3.14. The molecule has 0 bridgehead atoms. The molecule has 0 heterocycles. The fraction of sp³-hybridized carbons (Fsp3) is 0.548. The third kappa shape index (κ3) is 22.4. The summed E-state index contributed by atoms with van der Waals surface area (Å²) in [7, 11) is 0. The largest absolute Gasteiger partial charge is 0.480 e. The van der Waals surface area contributed by atoms with Crippen molar-refractivity contribution in [2.45, 2.75) is 107 Å². The molecule has 29 heteroatoms. The lowest BCUT2D eigenvalue weighted by Gasteiger charge is -2.14. The maximum Gasteiger partial charge on any atom is 0.331 e. The number of esters is 12. The van der Waals surface area contributed by atoms with Crippen molar-refractivity contribution in [3.8, 4) is 0 Å². The number of ether oxygens (including phenoxy) is 6. The van der Waals surface area contributed by atoms with Gasteiger partial charge in [-0.25, -0.2) is 24.0 Å². The van der Waals surface area contributed by atoms with Crippen LogP contribution < -0.4 is 40.1 Å². The Bertz CT molecular complexity index is 1700. The minimum absolute atomic E-state index is 0.508. The van der Waals surface area contributed by atoms with Crippen LogP contribution in [0.15, 0.2) is 0 Å². The molecule has 0 saturated carbocycles. The summed E-state index contributed by atoms with van der Waals surface area (Å²) in [5.74, 6) is -19.4. The van der Waals surface area contributed by atoms with Crippen molar-refractivity contribution >= 4 is 83.6 Å². The van der Waals surface area contributed by atoms with Crippen LogP contribution in [0.25, 0.3) is 0 Å². The normalized spacial score (nSPS) is 14.2. The van der Waals surface area contributed by atoms with Crippen molar-refractivity contribution in [1.82, 2.24) is 0 Å². The number of carboxylic acids is 2. The van der Waals surface area contributed by atoms with Gasteiger partial charge in [-0.1, -0.05) is 0 Å². The minimum Gasteiger partial charge on any atom is -0.480 e. The van der Waals surface area contributed by atoms with Crippen molar-refractivity contribution in [2.24, 2.45) is 40.1 Å². The van der Waals surface area contributed by atoms with Gasteiger partial charge in [0.05, 0.1) is 25.7 Å². The van der Waals surface area contributed by atoms with E-state index in [4.69, 9.17) is 50.3 Å². The molecule has 0 aliphatic heterocycles. The lowest BCUT2D eigenvalue weighted by atomic mass is 10.1. The summed E-state index contributed by atoms with van der Waals surface area (Å²) in [6.07, 6.45) is -7.47. The second kappa shape index (κ2) is 26.5. The predicted octanol–water partition coefficient (Wildman–Crippen LogP) is -7.23. The number of rotatable bonds is 24. The van der Waals surface area contributed by atoms with Crippen LogP contribution in [0.5, 0.6) is 0 Å². The number of hydrogen-bond donors (Lipinski definition) is 9. The van der Waals surface area contributed by atoms with E-state index in [1.165, 1.54) is 0 Å². The highest BCUT2D eigenvalue weighted by Crippen LogP contribution is 2.08. The second-order valence-electron chi connectivity index (χ2n) is 12.2. The van der Waals surface area contributed by atoms with Crippen LogP contribution in [-0.4, -0.2) is 136 Å². The van der Waals surface area contributed by atoms with Gasteiger partial charge in [-0.3, -0.25) is 43.2 Å². The monoisotopic (exact) mass is 865 g/mol. The first-order valence-corrected chi connectivity index (χ1v) is 16.9. The Balaban J connectivity index is 4.57. The zero-order valence-corrected chi connectivity index (χ0v) is 31.2. The lowest BCUT2D eigenvalue weighted by Crippen LogP contribution is -2.41. The highest BCUT2D eigenvalue weighted by atomic mass is 16.6. The van der Waals surface area contributed by atoms with E-state index in [0.29, 0.717) is 0 Å². The van der Waals surface area contributed by atoms with Crippen LogP contribution in [0.3, 0.4) is 0 Å². The fourth-order valence-electron chi connectivity index (χ4n) is 3.62. The average molecular weight is 866 g/mol. The minimum atomic E-state index is -1.88. The van der Waals surface area contributed by atoms with E-state index in [-0.39, 0.29) is 0 Å². The molecule has 4 unspecified atom stereocenters. The summed E-state index contributed by atoms with van der Waals surface area (Å²) in [6, 6.07) is -11.9. The molecular formula is C31H43N7O22. The molecule has 0 aromatic heterocycles. The maximum atomic E-state index is 12.2. The van der Waals surface area contributed by atoms with Gasteiger partial charge < -0.3 is 78.8 Å². The number of nitrogens with two attached hydrogens (primary N) is 7. The zero-order chi connectivity index (χ0) is 46.4. The predicted molar refractivity (Wildman–Crippen MR) is 184 cm³/mol. The van der Waals surface area contributed by atoms with E-state index in [9.17, 15) is 67.1 Å². The molecule has 0 aromatic carbocycles. The lowest BCUT2D eigenvalue weighted by molar-refractivity contribution is -0.167. The van der Waals surface area contributed by atoms with E-state index >= 15 is 0 Å². The summed E-state index contributed by atoms with van der Waals surface area (Å²) in [5, 5.41) is 17.3. The number of carboxylic acid groups (broad SMARTS) is 2. The first kappa shape index (κ1) is 53.5. The first-order chi connectivity index (χ1) is 27.7. The van der Waals surface area contributed by atoms with E-state index in [0.717, 1.165) is 0 Å². The van der Waals surface area contributed by atoms with Crippen molar-refractivity contribution in [2.75, 3.05) is 0 Å². The standard InChI is InChI=1S/C31H43N7O22/c32-11(27(50)58-23(44)7-14(35)25(46)47)1-4-18(39)55-21(42)9-16(37)30(53)57-20(41)6-3-13(34)29(52)60-31(54)17(38)10-22(43)56-19(40)5-2-12(33)28(51)59-24(45)8-15(36)26(48)49/h11-17H,1-10,32-38H2,(H,46,47)(H,48,49)/t11?,12?,13-,14?,15?,16-,17-/m0/s1. The van der Waals surface area contributed by atoms with E-state index in [2.05, 4.69) is 28.4 Å². The van der Waals surface area contributed by atoms with Crippen LogP contribution >= 0.6 is 0 Å². The van der Waals surface area contributed by atoms with E-state index < -0.39 is 190 Å². The molecule has 29 nitrogen and oxygen atoms in total. The van der Waals surface area contributed by atoms with Gasteiger partial charge in [0.25, 0.3) is 0 Å². The van der Waals surface area contributed by atoms with E-state index in [1.807, 2.05) is 0 Å². The van der Waals surface area contributed by atoms with Crippen LogP contribution in [0.2, 0.25) is 0 Å². The van der Waals surface area contributed by atoms with E-state index in [1.54, 1.807) is 0 Å². The van der Waals surface area contributed by atoms with Crippen LogP contribution in [0, 0.1) is 0 Å². The quantitative estimate of drug-likeness (QED) is 0.0247. The molecule has 0 aliphatic rings. The summed E-state index contributed by atoms with van der Waals surface area (Å²) < 4.78 is 26.3. The number of carbonyl (C=O) groups excluding carboxylic acids is 12. The molecule has 0 aromatic rings. The Morgan fingerprint density at radius 2 is 0.517 bits per heavy atom. The SMILES string of the molecule is NC(CC(=O)OC(=O)C(N)CCC(=O)OC(=O)C[C@H](N)C(=O)OC(=O)CC[C@H](N)C(=O)OC(=O)[C@@H](N)CC(=O)OC(=O)CCC(N)C(=O)OC(=O)CC(N)C(=O)O)C(=O)O. The maximum absolute atomic E-state index is 12.2. The van der Waals surface area contributed by atoms with Gasteiger partial charge in [-0.15, -0.1) is 0 Å². The molecule has 0 rings (SSSR count). The van der Waals surface area contributed by atoms with Gasteiger partial charge in [0.2, 0.25) is 0 Å². The van der Waals surface area contributed by atoms with Crippen LogP contribution in [-0.2, 0) is 95.5 Å². The molecular weight excluding hydrogens is 822 g/mol. The second-order valence-corrected chi connectivity index (χ2v) is 12.2. The van der Waals surface area contributed by atoms with Crippen LogP contribution in [0.4, 0.5) is 0 Å². The Labute approximate surface area is 336 Å². The van der Waals surface area contributed by atoms with Gasteiger partial charge >= 0.3 is 83.6 Å². The van der Waals surface area contributed by atoms with Gasteiger partial charge in [0.1, 0.15) is 42.3 Å². The van der Waals surface area contributed by atoms with Crippen molar-refractivity contribution in [3.63, 3.8) is 0 Å². The smallest absolute Gasteiger partial charge is 0.331 e. The van der Waals surface area contributed by atoms with Gasteiger partial charge in [0, 0.05) is 19.3 Å². The highest BCUT2D eigenvalue weighted by molar-refractivity contribution is 5.96. The zero-order valence-electron chi connectivity index (χ0n) is 31.2. The van der Waals surface area contributed by atoms with Crippen molar-refractivity contribution in [1.29, 1.82) is 0 Å². The molecule has 0 fully saturated rings. The van der Waals surface area contributed by atoms with Crippen molar-refractivity contribution in [3.05, 3.63) is 0 Å². The summed E-state index contributed by atoms with van der Waals surface area (Å²) in [6.45, 7) is 0. The van der Waals surface area contributed by atoms with Gasteiger partial charge in [0.15, 0.2) is 0 Å². The summed E-state index contributed by atoms with van der Waals surface area (Å²) in [5.41, 5.74) is 37.7. The van der Waals surface area contributed by atoms with Crippen LogP contribution in [0.1, 0.15) is 64.2 Å². The third-order valence-corrected chi connectivity index (χ3v) is 6.97. The topological polar surface area (TPSA) is 517 Å². The molecule has 60 heavy (non-hydrogen) atoms. The molecule has 0 spiro atoms. The molecule has 16 N–H and O–H groups in total. The molecule has 0 saturated heterocycles. The summed E-state index contributed by atoms with van der Waals surface area (Å²) >= 11 is 0. The molecule has 7 atom stereocenters. The Morgan fingerprint density at radius 3 is 0.833 bits per heavy atom. The summed E-state index contributed by atoms with van der Waals surface area (Å²) in [4.78, 5) is 164. The number of hydrogen-bond acceptors (Lipinski definition) is 27. The fourth-order valence-corrected chi connectivity index (χ4v) is 3.62. The molecule has 0 radical (unpaired) electrons. The molecule has 0 amide bonds. The Morgan fingerprint density at radius 1 is 0.300 bits per heavy atom. The van der Waals surface area contributed by atoms with Gasteiger partial charge in [-0.05, 0) is 19.3 Å². The highest BCUT2D eigenvalue weighted by Gasteiger charge is 2.30. The Hall–Kier alpha value is -6.50. The molecule has 334 valence electrons. The number of aliphatic carboxylic acids is 2. The molecule has 0 aliphatic carbocycles. The number of carbonyl (C=O) groups is 14. The van der Waals surface area contributed by atoms with Gasteiger partial charge in [-0.2, -0.15) is 0 Å². The third-order valence-electron chi connectivity index (χ3n) is 6.97. The van der Waals surface area contributed by atoms with Crippen molar-refractivity contribution < 1.29 is 106 Å².